The topological polar surface area (TPSA) is 68.5 Å². The molecule has 1 amide bonds. The monoisotopic (exact) mass is 393 g/mol. The third kappa shape index (κ3) is 5.91. The lowest BCUT2D eigenvalue weighted by Crippen LogP contribution is -2.28. The Kier molecular flexibility index (Phi) is 7.00. The number of benzene rings is 2. The lowest BCUT2D eigenvalue weighted by Gasteiger charge is -2.17. The molecule has 1 heterocycles. The first-order chi connectivity index (χ1) is 14.0. The van der Waals surface area contributed by atoms with Gasteiger partial charge in [0.1, 0.15) is 5.75 Å². The number of aromatic nitrogens is 2. The van der Waals surface area contributed by atoms with E-state index in [0.717, 1.165) is 23.3 Å². The van der Waals surface area contributed by atoms with Crippen LogP contribution in [0.3, 0.4) is 0 Å². The van der Waals surface area contributed by atoms with Gasteiger partial charge < -0.3 is 14.1 Å². The Morgan fingerprint density at radius 1 is 1.07 bits per heavy atom. The fourth-order valence-corrected chi connectivity index (χ4v) is 2.90. The molecule has 0 N–H and O–H groups in total. The van der Waals surface area contributed by atoms with Crippen molar-refractivity contribution in [3.05, 3.63) is 65.5 Å². The average molecular weight is 393 g/mol. The molecule has 0 bridgehead atoms. The van der Waals surface area contributed by atoms with Crippen molar-refractivity contribution >= 4 is 5.91 Å². The van der Waals surface area contributed by atoms with Crippen molar-refractivity contribution in [1.29, 1.82) is 0 Å². The van der Waals surface area contributed by atoms with Gasteiger partial charge in [0.25, 0.3) is 0 Å². The molecule has 0 radical (unpaired) electrons. The van der Waals surface area contributed by atoms with Crippen LogP contribution in [0, 0.1) is 13.8 Å². The molecule has 0 atom stereocenters. The highest BCUT2D eigenvalue weighted by Gasteiger charge is 2.13. The Morgan fingerprint density at radius 2 is 1.83 bits per heavy atom. The van der Waals surface area contributed by atoms with Crippen molar-refractivity contribution < 1.29 is 13.9 Å². The van der Waals surface area contributed by atoms with E-state index in [1.807, 2.05) is 69.4 Å². The van der Waals surface area contributed by atoms with Gasteiger partial charge in [-0.2, -0.15) is 0 Å². The van der Waals surface area contributed by atoms with Gasteiger partial charge >= 0.3 is 0 Å². The highest BCUT2D eigenvalue weighted by Crippen LogP contribution is 2.19. The van der Waals surface area contributed by atoms with Crippen LogP contribution in [0.25, 0.3) is 11.5 Å². The van der Waals surface area contributed by atoms with E-state index in [1.165, 1.54) is 5.56 Å². The zero-order valence-corrected chi connectivity index (χ0v) is 17.2. The summed E-state index contributed by atoms with van der Waals surface area (Å²) in [4.78, 5) is 14.1. The molecule has 0 aliphatic heterocycles. The fraction of sp³-hybridized carbons (Fsp3) is 0.348. The molecule has 0 unspecified atom stereocenters. The van der Waals surface area contributed by atoms with Gasteiger partial charge in [0.15, 0.2) is 0 Å². The third-order valence-corrected chi connectivity index (χ3v) is 4.73. The van der Waals surface area contributed by atoms with Crippen LogP contribution in [-0.4, -0.2) is 41.2 Å². The molecule has 0 spiro atoms. The zero-order chi connectivity index (χ0) is 20.6. The Bertz CT molecular complexity index is 935. The van der Waals surface area contributed by atoms with E-state index in [-0.39, 0.29) is 5.91 Å². The molecule has 0 aliphatic carbocycles. The number of rotatable bonds is 9. The number of aryl methyl sites for hydroxylation is 3. The van der Waals surface area contributed by atoms with Gasteiger partial charge in [-0.05, 0) is 44.0 Å². The van der Waals surface area contributed by atoms with Crippen LogP contribution in [0.1, 0.15) is 29.9 Å². The van der Waals surface area contributed by atoms with Gasteiger partial charge in [-0.15, -0.1) is 10.2 Å². The van der Waals surface area contributed by atoms with Gasteiger partial charge in [0, 0.05) is 32.0 Å². The maximum Gasteiger partial charge on any atom is 0.247 e. The molecule has 0 saturated carbocycles. The van der Waals surface area contributed by atoms with Gasteiger partial charge in [0.2, 0.25) is 17.7 Å². The van der Waals surface area contributed by atoms with E-state index in [4.69, 9.17) is 9.15 Å². The molecule has 3 rings (SSSR count). The van der Waals surface area contributed by atoms with Gasteiger partial charge in [0.05, 0.1) is 6.61 Å². The molecular formula is C23H27N3O3. The van der Waals surface area contributed by atoms with Crippen molar-refractivity contribution in [2.24, 2.45) is 0 Å². The highest BCUT2D eigenvalue weighted by atomic mass is 16.5. The molecule has 3 aromatic rings. The second kappa shape index (κ2) is 9.87. The first-order valence-electron chi connectivity index (χ1n) is 9.85. The summed E-state index contributed by atoms with van der Waals surface area (Å²) in [5, 5.41) is 8.13. The molecule has 0 saturated heterocycles. The van der Waals surface area contributed by atoms with E-state index >= 15 is 0 Å². The van der Waals surface area contributed by atoms with Gasteiger partial charge in [-0.1, -0.05) is 35.9 Å². The molecule has 1 aromatic heterocycles. The molecular weight excluding hydrogens is 366 g/mol. The Hall–Kier alpha value is -3.15. The number of amides is 1. The predicted molar refractivity (Wildman–Crippen MR) is 112 cm³/mol. The molecule has 6 heteroatoms. The second-order valence-electron chi connectivity index (χ2n) is 7.15. The highest BCUT2D eigenvalue weighted by molar-refractivity contribution is 5.76. The summed E-state index contributed by atoms with van der Waals surface area (Å²) in [5.41, 5.74) is 3.17. The lowest BCUT2D eigenvalue weighted by molar-refractivity contribution is -0.130. The summed E-state index contributed by atoms with van der Waals surface area (Å²) in [5.74, 6) is 1.90. The maximum absolute atomic E-state index is 12.3. The summed E-state index contributed by atoms with van der Waals surface area (Å²) in [6, 6.07) is 15.8. The molecule has 0 aliphatic rings. The SMILES string of the molecule is Cc1ccc(-c2nnc(CCC(=O)N(C)CCCOc3ccccc3C)o2)cc1. The summed E-state index contributed by atoms with van der Waals surface area (Å²) in [6.45, 7) is 5.27. The largest absolute Gasteiger partial charge is 0.493 e. The smallest absolute Gasteiger partial charge is 0.247 e. The van der Waals surface area contributed by atoms with E-state index < -0.39 is 0 Å². The van der Waals surface area contributed by atoms with Crippen molar-refractivity contribution in [3.8, 4) is 17.2 Å². The quantitative estimate of drug-likeness (QED) is 0.509. The maximum atomic E-state index is 12.3. The predicted octanol–water partition coefficient (Wildman–Crippen LogP) is 4.21. The van der Waals surface area contributed by atoms with E-state index in [0.29, 0.717) is 37.8 Å². The third-order valence-electron chi connectivity index (χ3n) is 4.73. The number of carbonyl (C=O) groups is 1. The molecule has 29 heavy (non-hydrogen) atoms. The molecule has 2 aromatic carbocycles. The van der Waals surface area contributed by atoms with E-state index in [1.54, 1.807) is 4.90 Å². The van der Waals surface area contributed by atoms with Crippen LogP contribution < -0.4 is 4.74 Å². The van der Waals surface area contributed by atoms with Crippen molar-refractivity contribution in [2.45, 2.75) is 33.1 Å². The fourth-order valence-electron chi connectivity index (χ4n) is 2.90. The Labute approximate surface area is 171 Å². The summed E-state index contributed by atoms with van der Waals surface area (Å²) in [6.07, 6.45) is 1.54. The van der Waals surface area contributed by atoms with Crippen LogP contribution in [0.4, 0.5) is 0 Å². The van der Waals surface area contributed by atoms with Crippen LogP contribution in [0.2, 0.25) is 0 Å². The number of ether oxygens (including phenoxy) is 1. The number of para-hydroxylation sites is 1. The molecule has 6 nitrogen and oxygen atoms in total. The van der Waals surface area contributed by atoms with Crippen LogP contribution in [-0.2, 0) is 11.2 Å². The number of nitrogens with zero attached hydrogens (tertiary/aromatic N) is 3. The minimum atomic E-state index is 0.0518. The Morgan fingerprint density at radius 3 is 2.59 bits per heavy atom. The first-order valence-corrected chi connectivity index (χ1v) is 9.85. The minimum absolute atomic E-state index is 0.0518. The normalized spacial score (nSPS) is 10.7. The molecule has 152 valence electrons. The number of hydrogen-bond donors (Lipinski definition) is 0. The summed E-state index contributed by atoms with van der Waals surface area (Å²) >= 11 is 0. The van der Waals surface area contributed by atoms with E-state index in [2.05, 4.69) is 10.2 Å². The van der Waals surface area contributed by atoms with Crippen molar-refractivity contribution in [2.75, 3.05) is 20.2 Å². The lowest BCUT2D eigenvalue weighted by atomic mass is 10.1. The Balaban J connectivity index is 1.40. The first kappa shape index (κ1) is 20.6. The van der Waals surface area contributed by atoms with Gasteiger partial charge in [-0.25, -0.2) is 0 Å². The van der Waals surface area contributed by atoms with Crippen LogP contribution in [0.5, 0.6) is 5.75 Å². The van der Waals surface area contributed by atoms with E-state index in [9.17, 15) is 4.79 Å². The summed E-state index contributed by atoms with van der Waals surface area (Å²) in [7, 11) is 1.81. The van der Waals surface area contributed by atoms with Crippen LogP contribution in [0.15, 0.2) is 52.9 Å². The number of carbonyl (C=O) groups excluding carboxylic acids is 1. The van der Waals surface area contributed by atoms with Crippen molar-refractivity contribution in [1.82, 2.24) is 15.1 Å². The van der Waals surface area contributed by atoms with Gasteiger partial charge in [-0.3, -0.25) is 4.79 Å². The minimum Gasteiger partial charge on any atom is -0.493 e. The molecule has 0 fully saturated rings. The van der Waals surface area contributed by atoms with Crippen molar-refractivity contribution in [3.63, 3.8) is 0 Å². The number of hydrogen-bond acceptors (Lipinski definition) is 5. The standard InChI is InChI=1S/C23H27N3O3/c1-17-9-11-19(12-10-17)23-25-24-21(29-23)13-14-22(27)26(3)15-6-16-28-20-8-5-4-7-18(20)2/h4-5,7-12H,6,13-16H2,1-3H3. The average Bonchev–Trinajstić information content (AvgIpc) is 3.20. The summed E-state index contributed by atoms with van der Waals surface area (Å²) < 4.78 is 11.5. The zero-order valence-electron chi connectivity index (χ0n) is 17.2. The van der Waals surface area contributed by atoms with Crippen LogP contribution >= 0.6 is 0 Å². The second-order valence-corrected chi connectivity index (χ2v) is 7.15.